The summed E-state index contributed by atoms with van der Waals surface area (Å²) in [5.41, 5.74) is -0.511. The Labute approximate surface area is 217 Å². The molecule has 5 aliphatic carbocycles. The van der Waals surface area contributed by atoms with E-state index in [1.54, 1.807) is 13.8 Å². The Kier molecular flexibility index (Phi) is 6.44. The molecule has 5 saturated carbocycles. The lowest BCUT2D eigenvalue weighted by molar-refractivity contribution is -0.201. The lowest BCUT2D eigenvalue weighted by atomic mass is 9.37. The summed E-state index contributed by atoms with van der Waals surface area (Å²) in [4.78, 5) is 36.4. The van der Waals surface area contributed by atoms with Crippen LogP contribution in [0.3, 0.4) is 0 Å². The smallest absolute Gasteiger partial charge is 0.309 e. The molecule has 5 aliphatic rings. The van der Waals surface area contributed by atoms with E-state index in [-0.39, 0.29) is 29.3 Å². The van der Waals surface area contributed by atoms with Gasteiger partial charge in [0.2, 0.25) is 0 Å². The number of esters is 1. The second kappa shape index (κ2) is 8.83. The maximum Gasteiger partial charge on any atom is 0.309 e. The van der Waals surface area contributed by atoms with Gasteiger partial charge < -0.3 is 14.6 Å². The fourth-order valence-electron chi connectivity index (χ4n) is 10.9. The monoisotopic (exact) mass is 500 g/mol. The molecule has 5 fully saturated rings. The minimum Gasteiger partial charge on any atom is -0.481 e. The Hall–Kier alpha value is -1.39. The summed E-state index contributed by atoms with van der Waals surface area (Å²) in [5, 5.41) is 9.41. The molecule has 0 heterocycles. The van der Waals surface area contributed by atoms with E-state index in [4.69, 9.17) is 4.74 Å². The van der Waals surface area contributed by atoms with Crippen LogP contribution in [0.15, 0.2) is 0 Å². The van der Waals surface area contributed by atoms with Crippen LogP contribution in [0.2, 0.25) is 0 Å². The van der Waals surface area contributed by atoms with Crippen LogP contribution in [-0.2, 0) is 19.1 Å². The summed E-state index contributed by atoms with van der Waals surface area (Å²) < 4.78 is 5.97. The second-order valence-electron chi connectivity index (χ2n) is 14.7. The maximum atomic E-state index is 12.7. The van der Waals surface area contributed by atoms with Gasteiger partial charge in [-0.15, -0.1) is 0 Å². The molecule has 10 unspecified atom stereocenters. The predicted molar refractivity (Wildman–Crippen MR) is 138 cm³/mol. The largest absolute Gasteiger partial charge is 0.481 e. The fraction of sp³-hybridized carbons (Fsp3) is 0.903. The number of carbonyl (C=O) groups excluding carboxylic acids is 2. The van der Waals surface area contributed by atoms with Crippen molar-refractivity contribution in [2.75, 3.05) is 0 Å². The Morgan fingerprint density at radius 1 is 0.917 bits per heavy atom. The van der Waals surface area contributed by atoms with E-state index in [0.29, 0.717) is 29.1 Å². The Bertz CT molecular complexity index is 911. The molecule has 5 nitrogen and oxygen atoms in total. The minimum atomic E-state index is -1.10. The standard InChI is InChI=1S/C31H48O5/c1-19-21-10-14-30(5)22-11-16-31(18-32)13-6-7-23(31)20(22)8-9-25(30)29(21,4)15-12-24(19)36-26(33)17-28(2,3)27(34)35/h18-25H,6-17H2,1-5H3,(H,34,35). The molecule has 0 aliphatic heterocycles. The quantitative estimate of drug-likeness (QED) is 0.337. The zero-order valence-corrected chi connectivity index (χ0v) is 23.2. The number of rotatable bonds is 5. The number of carbonyl (C=O) groups is 3. The van der Waals surface area contributed by atoms with Crippen LogP contribution >= 0.6 is 0 Å². The van der Waals surface area contributed by atoms with Gasteiger partial charge in [-0.3, -0.25) is 9.59 Å². The molecule has 36 heavy (non-hydrogen) atoms. The highest BCUT2D eigenvalue weighted by Gasteiger charge is 2.65. The van der Waals surface area contributed by atoms with Crippen molar-refractivity contribution in [3.8, 4) is 0 Å². The molecule has 0 amide bonds. The van der Waals surface area contributed by atoms with E-state index in [2.05, 4.69) is 20.8 Å². The number of aldehydes is 1. The predicted octanol–water partition coefficient (Wildman–Crippen LogP) is 6.67. The van der Waals surface area contributed by atoms with E-state index < -0.39 is 11.4 Å². The molecule has 5 rings (SSSR count). The van der Waals surface area contributed by atoms with Crippen molar-refractivity contribution in [2.45, 2.75) is 118 Å². The highest BCUT2D eigenvalue weighted by Crippen LogP contribution is 2.71. The first kappa shape index (κ1) is 26.2. The SMILES string of the molecule is CC1C(OC(=O)CC(C)(C)C(=O)O)CCC2(C)C1CCC1(C)C3CCC4(C=O)CCCC4C3CCC21. The van der Waals surface area contributed by atoms with Crippen molar-refractivity contribution in [1.82, 2.24) is 0 Å². The summed E-state index contributed by atoms with van der Waals surface area (Å²) in [6.07, 6.45) is 14.1. The van der Waals surface area contributed by atoms with E-state index in [9.17, 15) is 19.5 Å². The number of carboxylic acid groups (broad SMARTS) is 1. The average molecular weight is 501 g/mol. The van der Waals surface area contributed by atoms with Gasteiger partial charge in [0.15, 0.2) is 0 Å². The lowest BCUT2D eigenvalue weighted by Gasteiger charge is -2.67. The van der Waals surface area contributed by atoms with Gasteiger partial charge in [0.05, 0.1) is 11.8 Å². The number of aliphatic carboxylic acids is 1. The first-order chi connectivity index (χ1) is 16.9. The highest BCUT2D eigenvalue weighted by molar-refractivity contribution is 5.81. The van der Waals surface area contributed by atoms with Gasteiger partial charge in [0.25, 0.3) is 0 Å². The van der Waals surface area contributed by atoms with Crippen molar-refractivity contribution < 1.29 is 24.2 Å². The Morgan fingerprint density at radius 2 is 1.58 bits per heavy atom. The van der Waals surface area contributed by atoms with E-state index in [0.717, 1.165) is 37.5 Å². The molecular formula is C31H48O5. The van der Waals surface area contributed by atoms with Crippen molar-refractivity contribution in [2.24, 2.45) is 57.2 Å². The second-order valence-corrected chi connectivity index (χ2v) is 14.7. The number of hydrogen-bond acceptors (Lipinski definition) is 4. The zero-order valence-electron chi connectivity index (χ0n) is 23.2. The van der Waals surface area contributed by atoms with Crippen molar-refractivity contribution in [1.29, 1.82) is 0 Å². The molecular weight excluding hydrogens is 452 g/mol. The molecule has 0 aromatic rings. The highest BCUT2D eigenvalue weighted by atomic mass is 16.5. The normalized spacial score (nSPS) is 48.1. The van der Waals surface area contributed by atoms with Crippen LogP contribution in [0, 0.1) is 57.2 Å². The van der Waals surface area contributed by atoms with Gasteiger partial charge in [-0.1, -0.05) is 27.2 Å². The van der Waals surface area contributed by atoms with Crippen LogP contribution in [-0.4, -0.2) is 29.4 Å². The average Bonchev–Trinajstić information content (AvgIpc) is 3.25. The molecule has 1 N–H and O–H groups in total. The lowest BCUT2D eigenvalue weighted by Crippen LogP contribution is -2.61. The topological polar surface area (TPSA) is 80.7 Å². The molecule has 202 valence electrons. The Balaban J connectivity index is 1.31. The molecule has 0 radical (unpaired) electrons. The van der Waals surface area contributed by atoms with E-state index in [1.165, 1.54) is 51.2 Å². The zero-order chi connectivity index (χ0) is 26.1. The summed E-state index contributed by atoms with van der Waals surface area (Å²) in [6.45, 7) is 10.6. The Morgan fingerprint density at radius 3 is 2.28 bits per heavy atom. The van der Waals surface area contributed by atoms with Gasteiger partial charge in [-0.05, 0) is 124 Å². The van der Waals surface area contributed by atoms with E-state index in [1.807, 2.05) is 0 Å². The number of ether oxygens (including phenoxy) is 1. The maximum absolute atomic E-state index is 12.7. The number of hydrogen-bond donors (Lipinski definition) is 1. The molecule has 0 aromatic heterocycles. The number of fused-ring (bicyclic) bond motifs is 7. The molecule has 0 aromatic carbocycles. The van der Waals surface area contributed by atoms with Gasteiger partial charge in [0, 0.05) is 5.41 Å². The van der Waals surface area contributed by atoms with Gasteiger partial charge in [0.1, 0.15) is 12.4 Å². The van der Waals surface area contributed by atoms with Crippen molar-refractivity contribution in [3.63, 3.8) is 0 Å². The first-order valence-electron chi connectivity index (χ1n) is 14.8. The van der Waals surface area contributed by atoms with Crippen LogP contribution in [0.5, 0.6) is 0 Å². The van der Waals surface area contributed by atoms with Gasteiger partial charge in [-0.2, -0.15) is 0 Å². The molecule has 0 saturated heterocycles. The van der Waals surface area contributed by atoms with Crippen molar-refractivity contribution >= 4 is 18.2 Å². The fourth-order valence-corrected chi connectivity index (χ4v) is 10.9. The van der Waals surface area contributed by atoms with Crippen LogP contribution < -0.4 is 0 Å². The molecule has 10 atom stereocenters. The number of carboxylic acids is 1. The summed E-state index contributed by atoms with van der Waals surface area (Å²) in [5.74, 6) is 2.27. The molecule has 0 spiro atoms. The summed E-state index contributed by atoms with van der Waals surface area (Å²) in [7, 11) is 0. The van der Waals surface area contributed by atoms with Crippen LogP contribution in [0.1, 0.15) is 112 Å². The van der Waals surface area contributed by atoms with Crippen molar-refractivity contribution in [3.05, 3.63) is 0 Å². The molecule has 5 heteroatoms. The summed E-state index contributed by atoms with van der Waals surface area (Å²) >= 11 is 0. The van der Waals surface area contributed by atoms with Gasteiger partial charge >= 0.3 is 11.9 Å². The third-order valence-electron chi connectivity index (χ3n) is 12.8. The van der Waals surface area contributed by atoms with Gasteiger partial charge in [-0.25, -0.2) is 0 Å². The summed E-state index contributed by atoms with van der Waals surface area (Å²) in [6, 6.07) is 0. The van der Waals surface area contributed by atoms with Crippen LogP contribution in [0.4, 0.5) is 0 Å². The van der Waals surface area contributed by atoms with E-state index >= 15 is 0 Å². The van der Waals surface area contributed by atoms with Crippen LogP contribution in [0.25, 0.3) is 0 Å². The minimum absolute atomic E-state index is 0.0167. The third kappa shape index (κ3) is 3.80. The molecule has 0 bridgehead atoms. The third-order valence-corrected chi connectivity index (χ3v) is 12.8. The first-order valence-corrected chi connectivity index (χ1v) is 14.8.